The lowest BCUT2D eigenvalue weighted by Gasteiger charge is -1.99. The van der Waals surface area contributed by atoms with Gasteiger partial charge in [-0.25, -0.2) is 0 Å². The molecule has 0 fully saturated rings. The lowest BCUT2D eigenvalue weighted by atomic mass is 10.0. The number of aryl methyl sites for hydroxylation is 1. The molecule has 0 N–H and O–H groups in total. The molecule has 2 aromatic carbocycles. The van der Waals surface area contributed by atoms with Crippen molar-refractivity contribution in [2.45, 2.75) is 6.92 Å². The number of carbonyl (C=O) groups excluding carboxylic acids is 1. The maximum Gasteiger partial charge on any atom is 0.276 e. The molecule has 0 atom stereocenters. The molecule has 3 aromatic rings. The molecule has 0 saturated heterocycles. The van der Waals surface area contributed by atoms with Gasteiger partial charge in [-0.3, -0.25) is 14.9 Å². The van der Waals surface area contributed by atoms with Crippen LogP contribution >= 0.6 is 0 Å². The van der Waals surface area contributed by atoms with Crippen LogP contribution in [0.25, 0.3) is 17.4 Å². The monoisotopic (exact) mass is 358 g/mol. The Morgan fingerprint density at radius 3 is 2.48 bits per heavy atom. The van der Waals surface area contributed by atoms with Gasteiger partial charge in [0.25, 0.3) is 5.69 Å². The fourth-order valence-corrected chi connectivity index (χ4v) is 2.68. The smallest absolute Gasteiger partial charge is 0.276 e. The van der Waals surface area contributed by atoms with Crippen molar-refractivity contribution in [1.29, 1.82) is 5.26 Å². The Balaban J connectivity index is 2.01. The van der Waals surface area contributed by atoms with E-state index in [4.69, 9.17) is 4.42 Å². The number of rotatable bonds is 5. The molecule has 0 aliphatic heterocycles. The zero-order valence-electron chi connectivity index (χ0n) is 14.4. The van der Waals surface area contributed by atoms with Gasteiger partial charge < -0.3 is 4.42 Å². The summed E-state index contributed by atoms with van der Waals surface area (Å²) in [5, 5.41) is 20.6. The second-order valence-corrected chi connectivity index (χ2v) is 5.76. The van der Waals surface area contributed by atoms with Crippen LogP contribution in [-0.2, 0) is 0 Å². The Labute approximate surface area is 155 Å². The first-order chi connectivity index (χ1) is 13.0. The average Bonchev–Trinajstić information content (AvgIpc) is 3.08. The van der Waals surface area contributed by atoms with Crippen LogP contribution in [0.4, 0.5) is 5.69 Å². The summed E-state index contributed by atoms with van der Waals surface area (Å²) in [7, 11) is 0. The van der Waals surface area contributed by atoms with Gasteiger partial charge in [-0.05, 0) is 25.1 Å². The average molecular weight is 358 g/mol. The minimum Gasteiger partial charge on any atom is -0.461 e. The molecule has 0 bridgehead atoms. The van der Waals surface area contributed by atoms with Crippen LogP contribution in [0.5, 0.6) is 0 Å². The first-order valence-electron chi connectivity index (χ1n) is 8.07. The number of nitro groups is 1. The van der Waals surface area contributed by atoms with Crippen LogP contribution in [0.2, 0.25) is 0 Å². The van der Waals surface area contributed by atoms with E-state index in [-0.39, 0.29) is 22.4 Å². The molecule has 0 aliphatic carbocycles. The van der Waals surface area contributed by atoms with E-state index >= 15 is 0 Å². The number of nitriles is 1. The van der Waals surface area contributed by atoms with E-state index < -0.39 is 10.7 Å². The van der Waals surface area contributed by atoms with E-state index in [9.17, 15) is 20.2 Å². The largest absolute Gasteiger partial charge is 0.461 e. The molecular weight excluding hydrogens is 344 g/mol. The predicted molar refractivity (Wildman–Crippen MR) is 99.9 cm³/mol. The van der Waals surface area contributed by atoms with Crippen molar-refractivity contribution in [2.24, 2.45) is 0 Å². The van der Waals surface area contributed by atoms with Gasteiger partial charge >= 0.3 is 0 Å². The summed E-state index contributed by atoms with van der Waals surface area (Å²) >= 11 is 0. The highest BCUT2D eigenvalue weighted by atomic mass is 16.6. The highest BCUT2D eigenvalue weighted by molar-refractivity contribution is 6.15. The van der Waals surface area contributed by atoms with Crippen molar-refractivity contribution in [3.05, 3.63) is 93.2 Å². The second kappa shape index (κ2) is 7.50. The van der Waals surface area contributed by atoms with Gasteiger partial charge in [-0.2, -0.15) is 5.26 Å². The SMILES string of the molecule is Cc1oc(-c2ccccc2)cc1C(=O)/C(C#N)=C/c1ccccc1[N+](=O)[O-]. The van der Waals surface area contributed by atoms with Gasteiger partial charge in [-0.15, -0.1) is 0 Å². The standard InChI is InChI=1S/C21H14N2O4/c1-14-18(12-20(27-14)15-7-3-2-4-8-15)21(24)17(13-22)11-16-9-5-6-10-19(16)23(25)26/h2-12H,1H3/b17-11+. The van der Waals surface area contributed by atoms with Gasteiger partial charge in [0, 0.05) is 11.6 Å². The van der Waals surface area contributed by atoms with Crippen molar-refractivity contribution in [1.82, 2.24) is 0 Å². The molecule has 0 spiro atoms. The summed E-state index contributed by atoms with van der Waals surface area (Å²) in [6.45, 7) is 1.64. The van der Waals surface area contributed by atoms with Gasteiger partial charge in [0.1, 0.15) is 23.2 Å². The highest BCUT2D eigenvalue weighted by Gasteiger charge is 2.21. The Hall–Kier alpha value is -3.98. The Kier molecular flexibility index (Phi) is 4.95. The van der Waals surface area contributed by atoms with Gasteiger partial charge in [0.15, 0.2) is 0 Å². The zero-order valence-corrected chi connectivity index (χ0v) is 14.4. The van der Waals surface area contributed by atoms with E-state index in [0.717, 1.165) is 5.56 Å². The number of para-hydroxylation sites is 1. The van der Waals surface area contributed by atoms with Crippen LogP contribution < -0.4 is 0 Å². The Bertz CT molecular complexity index is 1090. The van der Waals surface area contributed by atoms with Crippen LogP contribution in [0.3, 0.4) is 0 Å². The minimum absolute atomic E-state index is 0.174. The third-order valence-corrected chi connectivity index (χ3v) is 4.02. The van der Waals surface area contributed by atoms with Gasteiger partial charge in [-0.1, -0.05) is 42.5 Å². The summed E-state index contributed by atoms with van der Waals surface area (Å²) < 4.78 is 5.66. The molecule has 27 heavy (non-hydrogen) atoms. The lowest BCUT2D eigenvalue weighted by Crippen LogP contribution is -2.02. The quantitative estimate of drug-likeness (QED) is 0.211. The van der Waals surface area contributed by atoms with Crippen LogP contribution in [0.15, 0.2) is 70.7 Å². The van der Waals surface area contributed by atoms with Gasteiger partial charge in [0.05, 0.1) is 16.1 Å². The highest BCUT2D eigenvalue weighted by Crippen LogP contribution is 2.28. The normalized spacial score (nSPS) is 11.0. The molecule has 0 unspecified atom stereocenters. The summed E-state index contributed by atoms with van der Waals surface area (Å²) in [5.74, 6) is 0.348. The Morgan fingerprint density at radius 2 is 1.81 bits per heavy atom. The number of nitro benzene ring substituents is 1. The van der Waals surface area contributed by atoms with Crippen molar-refractivity contribution in [3.63, 3.8) is 0 Å². The molecule has 3 rings (SSSR count). The molecule has 132 valence electrons. The molecule has 1 aromatic heterocycles. The lowest BCUT2D eigenvalue weighted by molar-refractivity contribution is -0.385. The predicted octanol–water partition coefficient (Wildman–Crippen LogP) is 4.95. The Morgan fingerprint density at radius 1 is 1.15 bits per heavy atom. The molecule has 6 heteroatoms. The maximum atomic E-state index is 12.8. The summed E-state index contributed by atoms with van der Waals surface area (Å²) in [4.78, 5) is 23.4. The van der Waals surface area contributed by atoms with Gasteiger partial charge in [0.2, 0.25) is 5.78 Å². The fraction of sp³-hybridized carbons (Fsp3) is 0.0476. The van der Waals surface area contributed by atoms with Crippen molar-refractivity contribution in [3.8, 4) is 17.4 Å². The number of hydrogen-bond acceptors (Lipinski definition) is 5. The molecule has 1 heterocycles. The molecule has 0 amide bonds. The van der Waals surface area contributed by atoms with Crippen molar-refractivity contribution >= 4 is 17.5 Å². The number of carbonyl (C=O) groups is 1. The fourth-order valence-electron chi connectivity index (χ4n) is 2.68. The summed E-state index contributed by atoms with van der Waals surface area (Å²) in [5.41, 5.74) is 0.873. The van der Waals surface area contributed by atoms with E-state index in [1.165, 1.54) is 24.3 Å². The molecule has 0 saturated carbocycles. The van der Waals surface area contributed by atoms with Crippen LogP contribution in [0, 0.1) is 28.4 Å². The van der Waals surface area contributed by atoms with E-state index in [0.29, 0.717) is 11.5 Å². The molecule has 0 aliphatic rings. The first kappa shape index (κ1) is 17.8. The molecule has 6 nitrogen and oxygen atoms in total. The van der Waals surface area contributed by atoms with E-state index in [2.05, 4.69) is 0 Å². The summed E-state index contributed by atoms with van der Waals surface area (Å²) in [6.07, 6.45) is 1.23. The van der Waals surface area contributed by atoms with E-state index in [1.54, 1.807) is 19.1 Å². The second-order valence-electron chi connectivity index (χ2n) is 5.76. The maximum absolute atomic E-state index is 12.8. The number of benzene rings is 2. The molecule has 0 radical (unpaired) electrons. The van der Waals surface area contributed by atoms with Crippen molar-refractivity contribution < 1.29 is 14.1 Å². The molecular formula is C21H14N2O4. The first-order valence-corrected chi connectivity index (χ1v) is 8.07. The van der Waals surface area contributed by atoms with E-state index in [1.807, 2.05) is 36.4 Å². The van der Waals surface area contributed by atoms with Crippen LogP contribution in [-0.4, -0.2) is 10.7 Å². The third-order valence-electron chi connectivity index (χ3n) is 4.02. The number of nitrogens with zero attached hydrogens (tertiary/aromatic N) is 2. The number of furan rings is 1. The number of hydrogen-bond donors (Lipinski definition) is 0. The number of ketones is 1. The van der Waals surface area contributed by atoms with Crippen molar-refractivity contribution in [2.75, 3.05) is 0 Å². The summed E-state index contributed by atoms with van der Waals surface area (Å²) in [6, 6.07) is 18.6. The minimum atomic E-state index is -0.554. The number of Topliss-reactive ketones (excluding diaryl/α,β-unsaturated/α-hetero) is 1. The third kappa shape index (κ3) is 3.67. The topological polar surface area (TPSA) is 97.1 Å². The van der Waals surface area contributed by atoms with Crippen LogP contribution in [0.1, 0.15) is 21.7 Å². The number of allylic oxidation sites excluding steroid dienone is 1. The zero-order chi connectivity index (χ0) is 19.4.